The second-order valence-corrected chi connectivity index (χ2v) is 19.2. The number of amides is 7. The van der Waals surface area contributed by atoms with Crippen molar-refractivity contribution in [2.24, 2.45) is 17.8 Å². The topological polar surface area (TPSA) is 160 Å². The summed E-state index contributed by atoms with van der Waals surface area (Å²) >= 11 is 0. The van der Waals surface area contributed by atoms with Crippen LogP contribution in [0, 0.1) is 17.8 Å². The molecule has 66 heavy (non-hydrogen) atoms. The van der Waals surface area contributed by atoms with Crippen LogP contribution in [-0.2, 0) is 51.1 Å². The number of benzene rings is 2. The average Bonchev–Trinajstić information content (AvgIpc) is 4.07. The van der Waals surface area contributed by atoms with E-state index in [0.717, 1.165) is 11.1 Å². The SMILES string of the molecule is CC[C@H](C)[C@@H](C(=O)N1CCC[C@H]1C(=O)N1C(=O)C=C(OC)[C@@H]1C(C)C)N(C)C(=O)[C@@H]1CCCN1C(=O)[C@H](C(C)C)N(C)C(=O)[C@@H](Cc1ccccc1)NC(=O)[C@H](Cc1ccccc1)N(C)C. The largest absolute Gasteiger partial charge is 0.499 e. The molecule has 3 aliphatic rings. The zero-order valence-corrected chi connectivity index (χ0v) is 40.9. The molecule has 2 aromatic carbocycles. The van der Waals surface area contributed by atoms with Gasteiger partial charge in [-0.15, -0.1) is 0 Å². The van der Waals surface area contributed by atoms with E-state index >= 15 is 0 Å². The van der Waals surface area contributed by atoms with E-state index in [4.69, 9.17) is 4.74 Å². The van der Waals surface area contributed by atoms with Crippen molar-refractivity contribution >= 4 is 41.4 Å². The summed E-state index contributed by atoms with van der Waals surface area (Å²) in [5.74, 6) is -3.26. The van der Waals surface area contributed by atoms with Gasteiger partial charge in [0.2, 0.25) is 29.5 Å². The summed E-state index contributed by atoms with van der Waals surface area (Å²) in [7, 11) is 8.29. The predicted molar refractivity (Wildman–Crippen MR) is 252 cm³/mol. The Hall–Kier alpha value is -5.57. The van der Waals surface area contributed by atoms with Gasteiger partial charge in [-0.2, -0.15) is 0 Å². The van der Waals surface area contributed by atoms with E-state index in [0.29, 0.717) is 50.8 Å². The highest BCUT2D eigenvalue weighted by Crippen LogP contribution is 2.32. The quantitative estimate of drug-likeness (QED) is 0.205. The van der Waals surface area contributed by atoms with Crippen LogP contribution in [0.1, 0.15) is 84.8 Å². The number of imide groups is 1. The van der Waals surface area contributed by atoms with Gasteiger partial charge in [-0.1, -0.05) is 109 Å². The Kier molecular flexibility index (Phi) is 17.7. The highest BCUT2D eigenvalue weighted by molar-refractivity contribution is 6.07. The second-order valence-electron chi connectivity index (χ2n) is 19.2. The van der Waals surface area contributed by atoms with E-state index in [-0.39, 0.29) is 48.4 Å². The standard InChI is InChI=1S/C51H73N7O8/c1-12-34(6)45(51(65)57-28-20-26-39(57)49(63)58-42(59)31-41(66-11)43(58)32(2)3)55(10)48(62)38-25-19-27-56(38)50(64)44(33(4)5)54(9)47(61)37(29-35-21-15-13-16-22-35)52-46(60)40(53(7)8)30-36-23-17-14-18-24-36/h13-18,21-24,31-34,37-40,43-45H,12,19-20,25-30H2,1-11H3,(H,52,60)/t34-,37+,38-,39-,40-,43-,44-,45-/m0/s1. The summed E-state index contributed by atoms with van der Waals surface area (Å²) in [6, 6.07) is 13.2. The molecule has 0 aromatic heterocycles. The van der Waals surface area contributed by atoms with E-state index in [1.54, 1.807) is 19.0 Å². The van der Waals surface area contributed by atoms with Gasteiger partial charge in [0.25, 0.3) is 11.8 Å². The molecule has 2 saturated heterocycles. The molecule has 8 atom stereocenters. The molecule has 3 aliphatic heterocycles. The number of hydrogen-bond acceptors (Lipinski definition) is 9. The van der Waals surface area contributed by atoms with Crippen LogP contribution in [0.2, 0.25) is 0 Å². The van der Waals surface area contributed by atoms with Gasteiger partial charge in [0.05, 0.1) is 19.2 Å². The number of methoxy groups -OCH3 is 1. The summed E-state index contributed by atoms with van der Waals surface area (Å²) in [6.07, 6.45) is 4.36. The first-order valence-corrected chi connectivity index (χ1v) is 23.7. The molecule has 0 aliphatic carbocycles. The Balaban J connectivity index is 1.36. The van der Waals surface area contributed by atoms with Crippen LogP contribution >= 0.6 is 0 Å². The lowest BCUT2D eigenvalue weighted by atomic mass is 9.94. The van der Waals surface area contributed by atoms with Crippen molar-refractivity contribution in [3.05, 3.63) is 83.6 Å². The van der Waals surface area contributed by atoms with Crippen LogP contribution in [0.25, 0.3) is 0 Å². The maximum Gasteiger partial charge on any atom is 0.257 e. The molecule has 15 nitrogen and oxygen atoms in total. The molecular weight excluding hydrogens is 839 g/mol. The maximum absolute atomic E-state index is 14.9. The summed E-state index contributed by atoms with van der Waals surface area (Å²) in [6.45, 7) is 11.9. The number of carbonyl (C=O) groups excluding carboxylic acids is 7. The molecule has 3 heterocycles. The van der Waals surface area contributed by atoms with E-state index < -0.39 is 65.9 Å². The summed E-state index contributed by atoms with van der Waals surface area (Å²) in [4.78, 5) is 110. The van der Waals surface area contributed by atoms with Gasteiger partial charge in [-0.05, 0) is 75.1 Å². The minimum absolute atomic E-state index is 0.123. The van der Waals surface area contributed by atoms with Crippen LogP contribution in [-0.4, -0.2) is 161 Å². The molecule has 0 saturated carbocycles. The molecule has 0 unspecified atom stereocenters. The Morgan fingerprint density at radius 3 is 1.79 bits per heavy atom. The first kappa shape index (κ1) is 51.4. The number of rotatable bonds is 19. The van der Waals surface area contributed by atoms with Crippen molar-refractivity contribution in [3.63, 3.8) is 0 Å². The molecule has 0 spiro atoms. The van der Waals surface area contributed by atoms with Gasteiger partial charge >= 0.3 is 0 Å². The summed E-state index contributed by atoms with van der Waals surface area (Å²) in [5.41, 5.74) is 1.82. The Morgan fingerprint density at radius 1 is 0.742 bits per heavy atom. The monoisotopic (exact) mass is 912 g/mol. The number of ether oxygens (including phenoxy) is 1. The van der Waals surface area contributed by atoms with Gasteiger partial charge in [-0.3, -0.25) is 43.4 Å². The molecule has 0 bridgehead atoms. The minimum atomic E-state index is -0.999. The normalized spacial score (nSPS) is 20.8. The van der Waals surface area contributed by atoms with Gasteiger partial charge in [0.15, 0.2) is 0 Å². The first-order chi connectivity index (χ1) is 31.3. The lowest BCUT2D eigenvalue weighted by Crippen LogP contribution is -2.61. The van der Waals surface area contributed by atoms with Gasteiger partial charge < -0.3 is 29.7 Å². The van der Waals surface area contributed by atoms with Crippen LogP contribution in [0.4, 0.5) is 0 Å². The van der Waals surface area contributed by atoms with Crippen molar-refractivity contribution in [1.29, 1.82) is 0 Å². The third-order valence-corrected chi connectivity index (χ3v) is 13.8. The van der Waals surface area contributed by atoms with Crippen molar-refractivity contribution in [2.75, 3.05) is 48.4 Å². The molecule has 5 rings (SSSR count). The van der Waals surface area contributed by atoms with Crippen LogP contribution in [0.15, 0.2) is 72.5 Å². The van der Waals surface area contributed by atoms with Gasteiger partial charge in [0, 0.05) is 39.7 Å². The highest BCUT2D eigenvalue weighted by atomic mass is 16.5. The molecule has 360 valence electrons. The van der Waals surface area contributed by atoms with E-state index in [1.807, 2.05) is 121 Å². The fraction of sp³-hybridized carbons (Fsp3) is 0.588. The zero-order chi connectivity index (χ0) is 48.6. The highest BCUT2D eigenvalue weighted by Gasteiger charge is 2.49. The van der Waals surface area contributed by atoms with Crippen molar-refractivity contribution < 1.29 is 38.3 Å². The van der Waals surface area contributed by atoms with Crippen molar-refractivity contribution in [2.45, 2.75) is 129 Å². The Morgan fingerprint density at radius 2 is 1.27 bits per heavy atom. The maximum atomic E-state index is 14.9. The summed E-state index contributed by atoms with van der Waals surface area (Å²) in [5, 5.41) is 3.05. The Labute approximate surface area is 391 Å². The zero-order valence-electron chi connectivity index (χ0n) is 40.9. The molecule has 7 amide bonds. The second kappa shape index (κ2) is 22.8. The smallest absolute Gasteiger partial charge is 0.257 e. The molecule has 2 fully saturated rings. The third kappa shape index (κ3) is 11.3. The number of likely N-dealkylation sites (tertiary alicyclic amines) is 2. The van der Waals surface area contributed by atoms with Crippen molar-refractivity contribution in [3.8, 4) is 0 Å². The van der Waals surface area contributed by atoms with E-state index in [1.165, 1.54) is 32.8 Å². The van der Waals surface area contributed by atoms with Crippen LogP contribution < -0.4 is 5.32 Å². The summed E-state index contributed by atoms with van der Waals surface area (Å²) < 4.78 is 5.48. The number of hydrogen-bond donors (Lipinski definition) is 1. The molecule has 15 heteroatoms. The molecule has 2 aromatic rings. The van der Waals surface area contributed by atoms with E-state index in [9.17, 15) is 33.6 Å². The van der Waals surface area contributed by atoms with Crippen molar-refractivity contribution in [1.82, 2.24) is 34.7 Å². The lowest BCUT2D eigenvalue weighted by molar-refractivity contribution is -0.157. The predicted octanol–water partition coefficient (Wildman–Crippen LogP) is 4.15. The fourth-order valence-electron chi connectivity index (χ4n) is 10.00. The molecule has 0 radical (unpaired) electrons. The fourth-order valence-corrected chi connectivity index (χ4v) is 10.00. The van der Waals surface area contributed by atoms with Crippen LogP contribution in [0.5, 0.6) is 0 Å². The lowest BCUT2D eigenvalue weighted by Gasteiger charge is -2.40. The van der Waals surface area contributed by atoms with Gasteiger partial charge in [0.1, 0.15) is 36.0 Å². The van der Waals surface area contributed by atoms with E-state index in [2.05, 4.69) is 5.32 Å². The first-order valence-electron chi connectivity index (χ1n) is 23.7. The third-order valence-electron chi connectivity index (χ3n) is 13.8. The minimum Gasteiger partial charge on any atom is -0.499 e. The average molecular weight is 912 g/mol. The van der Waals surface area contributed by atoms with Gasteiger partial charge in [-0.25, -0.2) is 0 Å². The molecule has 1 N–H and O–H groups in total. The Bertz CT molecular complexity index is 2080. The molecular formula is C51H73N7O8. The van der Waals surface area contributed by atoms with Crippen LogP contribution in [0.3, 0.4) is 0 Å². The number of carbonyl (C=O) groups is 7. The number of nitrogens with one attached hydrogen (secondary N) is 1. The number of nitrogens with zero attached hydrogens (tertiary/aromatic N) is 6. The number of likely N-dealkylation sites (N-methyl/N-ethyl adjacent to an activating group) is 3.